The highest BCUT2D eigenvalue weighted by Crippen LogP contribution is 2.32. The number of benzene rings is 1. The molecule has 0 bridgehead atoms. The monoisotopic (exact) mass is 281 g/mol. The fourth-order valence-electron chi connectivity index (χ4n) is 1.71. The Morgan fingerprint density at radius 1 is 1.20 bits per heavy atom. The molecular weight excluding hydrogens is 258 g/mol. The maximum Gasteiger partial charge on any atom is 0.323 e. The molecule has 20 heavy (non-hydrogen) atoms. The molecule has 1 atom stereocenters. The summed E-state index contributed by atoms with van der Waals surface area (Å²) in [4.78, 5) is 11.9. The van der Waals surface area contributed by atoms with Crippen molar-refractivity contribution in [3.63, 3.8) is 0 Å². The summed E-state index contributed by atoms with van der Waals surface area (Å²) < 4.78 is 15.9. The maximum atomic E-state index is 11.9. The third kappa shape index (κ3) is 3.87. The molecule has 0 saturated heterocycles. The van der Waals surface area contributed by atoms with Crippen LogP contribution in [0.3, 0.4) is 0 Å². The van der Waals surface area contributed by atoms with Crippen LogP contribution in [0.4, 0.5) is 0 Å². The quantitative estimate of drug-likeness (QED) is 0.810. The van der Waals surface area contributed by atoms with Crippen LogP contribution in [-0.2, 0) is 15.1 Å². The lowest BCUT2D eigenvalue weighted by molar-refractivity contribution is -0.159. The van der Waals surface area contributed by atoms with Gasteiger partial charge in [0.1, 0.15) is 23.1 Å². The molecule has 1 aromatic rings. The molecule has 0 aromatic heterocycles. The smallest absolute Gasteiger partial charge is 0.323 e. The number of nitrogens with two attached hydrogens (primary N) is 1. The molecule has 0 amide bonds. The molecular formula is C15H23NO4. The van der Waals surface area contributed by atoms with Gasteiger partial charge in [-0.2, -0.15) is 0 Å². The van der Waals surface area contributed by atoms with Gasteiger partial charge in [-0.25, -0.2) is 0 Å². The van der Waals surface area contributed by atoms with E-state index < -0.39 is 17.6 Å². The minimum absolute atomic E-state index is 0.417. The fraction of sp³-hybridized carbons (Fsp3) is 0.533. The van der Waals surface area contributed by atoms with E-state index in [4.69, 9.17) is 19.9 Å². The zero-order valence-corrected chi connectivity index (χ0v) is 12.7. The Morgan fingerprint density at radius 2 is 1.70 bits per heavy atom. The van der Waals surface area contributed by atoms with E-state index in [2.05, 4.69) is 0 Å². The van der Waals surface area contributed by atoms with Crippen LogP contribution < -0.4 is 15.2 Å². The first-order chi connectivity index (χ1) is 9.33. The Bertz CT molecular complexity index is 449. The topological polar surface area (TPSA) is 70.8 Å². The van der Waals surface area contributed by atoms with Crippen LogP contribution >= 0.6 is 0 Å². The second-order valence-corrected chi connectivity index (χ2v) is 5.05. The van der Waals surface area contributed by atoms with E-state index in [0.29, 0.717) is 17.9 Å². The number of carbonyl (C=O) groups is 1. The highest BCUT2D eigenvalue weighted by molar-refractivity contribution is 5.76. The average molecular weight is 281 g/mol. The predicted octanol–water partition coefficient (Wildman–Crippen LogP) is 2.22. The van der Waals surface area contributed by atoms with E-state index in [1.807, 2.05) is 32.9 Å². The molecule has 0 radical (unpaired) electrons. The van der Waals surface area contributed by atoms with Gasteiger partial charge in [0.25, 0.3) is 0 Å². The summed E-state index contributed by atoms with van der Waals surface area (Å²) >= 11 is 0. The van der Waals surface area contributed by atoms with Crippen LogP contribution in [-0.4, -0.2) is 26.2 Å². The van der Waals surface area contributed by atoms with Crippen molar-refractivity contribution < 1.29 is 19.0 Å². The fourth-order valence-corrected chi connectivity index (χ4v) is 1.71. The lowest BCUT2D eigenvalue weighted by Gasteiger charge is -2.27. The van der Waals surface area contributed by atoms with Gasteiger partial charge in [0.05, 0.1) is 14.2 Å². The molecule has 0 saturated carbocycles. The minimum atomic E-state index is -0.814. The van der Waals surface area contributed by atoms with E-state index in [1.54, 1.807) is 20.3 Å². The average Bonchev–Trinajstić information content (AvgIpc) is 2.45. The van der Waals surface area contributed by atoms with Crippen molar-refractivity contribution in [1.29, 1.82) is 0 Å². The summed E-state index contributed by atoms with van der Waals surface area (Å²) in [5.74, 6) is 0.866. The number of ether oxygens (including phenoxy) is 3. The van der Waals surface area contributed by atoms with Gasteiger partial charge in [-0.05, 0) is 32.4 Å². The van der Waals surface area contributed by atoms with Gasteiger partial charge in [0.15, 0.2) is 0 Å². The van der Waals surface area contributed by atoms with Gasteiger partial charge in [-0.15, -0.1) is 0 Å². The van der Waals surface area contributed by atoms with Crippen LogP contribution in [0.25, 0.3) is 0 Å². The van der Waals surface area contributed by atoms with E-state index >= 15 is 0 Å². The number of hydrogen-bond acceptors (Lipinski definition) is 5. The van der Waals surface area contributed by atoms with Crippen molar-refractivity contribution >= 4 is 5.97 Å². The minimum Gasteiger partial charge on any atom is -0.497 e. The number of esters is 1. The van der Waals surface area contributed by atoms with Gasteiger partial charge in [0.2, 0.25) is 0 Å². The summed E-state index contributed by atoms with van der Waals surface area (Å²) in [5.41, 5.74) is 5.66. The molecule has 0 spiro atoms. The van der Waals surface area contributed by atoms with E-state index in [9.17, 15) is 4.79 Å². The first kappa shape index (κ1) is 16.3. The van der Waals surface area contributed by atoms with Crippen LogP contribution in [0, 0.1) is 0 Å². The number of methoxy groups -OCH3 is 2. The standard InChI is InChI=1S/C15H23NO4/c1-6-13(16)14(17)20-15(2,3)10-7-11(18-4)9-12(8-10)19-5/h7-9,13H,6,16H2,1-5H3. The zero-order chi connectivity index (χ0) is 15.3. The summed E-state index contributed by atoms with van der Waals surface area (Å²) in [7, 11) is 3.15. The summed E-state index contributed by atoms with van der Waals surface area (Å²) in [6.07, 6.45) is 0.538. The highest BCUT2D eigenvalue weighted by atomic mass is 16.6. The molecule has 0 aliphatic rings. The normalized spacial score (nSPS) is 12.7. The Balaban J connectivity index is 3.04. The zero-order valence-electron chi connectivity index (χ0n) is 12.7. The van der Waals surface area contributed by atoms with Gasteiger partial charge >= 0.3 is 5.97 Å². The van der Waals surface area contributed by atoms with Gasteiger partial charge in [-0.3, -0.25) is 4.79 Å². The van der Waals surface area contributed by atoms with Crippen molar-refractivity contribution in [1.82, 2.24) is 0 Å². The molecule has 2 N–H and O–H groups in total. The van der Waals surface area contributed by atoms with Crippen molar-refractivity contribution in [2.45, 2.75) is 38.8 Å². The Kier molecular flexibility index (Phi) is 5.39. The molecule has 0 aliphatic heterocycles. The Labute approximate surface area is 120 Å². The molecule has 5 nitrogen and oxygen atoms in total. The molecule has 112 valence electrons. The summed E-state index contributed by atoms with van der Waals surface area (Å²) in [5, 5.41) is 0. The maximum absolute atomic E-state index is 11.9. The van der Waals surface area contributed by atoms with Crippen LogP contribution in [0.5, 0.6) is 11.5 Å². The third-order valence-electron chi connectivity index (χ3n) is 3.14. The van der Waals surface area contributed by atoms with E-state index in [0.717, 1.165) is 5.56 Å². The van der Waals surface area contributed by atoms with Gasteiger partial charge < -0.3 is 19.9 Å². The molecule has 1 aromatic carbocycles. The van der Waals surface area contributed by atoms with Crippen LogP contribution in [0.15, 0.2) is 18.2 Å². The second kappa shape index (κ2) is 6.61. The highest BCUT2D eigenvalue weighted by Gasteiger charge is 2.28. The SMILES string of the molecule is CCC(N)C(=O)OC(C)(C)c1cc(OC)cc(OC)c1. The van der Waals surface area contributed by atoms with Crippen LogP contribution in [0.2, 0.25) is 0 Å². The van der Waals surface area contributed by atoms with E-state index in [-0.39, 0.29) is 0 Å². The number of rotatable bonds is 6. The van der Waals surface area contributed by atoms with Gasteiger partial charge in [0, 0.05) is 11.6 Å². The van der Waals surface area contributed by atoms with Crippen molar-refractivity contribution in [3.8, 4) is 11.5 Å². The largest absolute Gasteiger partial charge is 0.497 e. The van der Waals surface area contributed by atoms with Crippen LogP contribution in [0.1, 0.15) is 32.8 Å². The number of hydrogen-bond donors (Lipinski definition) is 1. The van der Waals surface area contributed by atoms with Crippen molar-refractivity contribution in [3.05, 3.63) is 23.8 Å². The van der Waals surface area contributed by atoms with Gasteiger partial charge in [-0.1, -0.05) is 6.92 Å². The molecule has 5 heteroatoms. The van der Waals surface area contributed by atoms with E-state index in [1.165, 1.54) is 0 Å². The number of carbonyl (C=O) groups excluding carboxylic acids is 1. The second-order valence-electron chi connectivity index (χ2n) is 5.05. The van der Waals surface area contributed by atoms with Crippen molar-refractivity contribution in [2.24, 2.45) is 5.73 Å². The lowest BCUT2D eigenvalue weighted by atomic mass is 9.97. The molecule has 1 rings (SSSR count). The lowest BCUT2D eigenvalue weighted by Crippen LogP contribution is -2.37. The summed E-state index contributed by atoms with van der Waals surface area (Å²) in [6.45, 7) is 5.45. The predicted molar refractivity (Wildman–Crippen MR) is 76.9 cm³/mol. The Hall–Kier alpha value is -1.75. The molecule has 0 heterocycles. The molecule has 1 unspecified atom stereocenters. The Morgan fingerprint density at radius 3 is 2.10 bits per heavy atom. The first-order valence-corrected chi connectivity index (χ1v) is 6.56. The first-order valence-electron chi connectivity index (χ1n) is 6.56. The summed E-state index contributed by atoms with van der Waals surface area (Å²) in [6, 6.07) is 4.78. The third-order valence-corrected chi connectivity index (χ3v) is 3.14. The molecule has 0 fully saturated rings. The molecule has 0 aliphatic carbocycles. The van der Waals surface area contributed by atoms with Crippen molar-refractivity contribution in [2.75, 3.05) is 14.2 Å².